The molecule has 25 heavy (non-hydrogen) atoms. The van der Waals surface area contributed by atoms with Crippen LogP contribution in [0.4, 0.5) is 5.82 Å². The number of ether oxygens (including phenoxy) is 1. The summed E-state index contributed by atoms with van der Waals surface area (Å²) in [5.41, 5.74) is 2.41. The molecule has 2 aromatic heterocycles. The maximum Gasteiger partial charge on any atom is 0.151 e. The summed E-state index contributed by atoms with van der Waals surface area (Å²) in [6.45, 7) is 4.50. The molecular formula is C18H23N5OS. The van der Waals surface area contributed by atoms with Crippen molar-refractivity contribution in [3.63, 3.8) is 0 Å². The number of hydrogen-bond acceptors (Lipinski definition) is 7. The first-order chi connectivity index (χ1) is 12.3. The molecule has 1 saturated heterocycles. The van der Waals surface area contributed by atoms with E-state index >= 15 is 0 Å². The van der Waals surface area contributed by atoms with E-state index in [1.807, 2.05) is 11.3 Å². The molecule has 132 valence electrons. The predicted octanol–water partition coefficient (Wildman–Crippen LogP) is 2.20. The summed E-state index contributed by atoms with van der Waals surface area (Å²) in [4.78, 5) is 10.8. The van der Waals surface area contributed by atoms with Crippen molar-refractivity contribution >= 4 is 17.2 Å². The Morgan fingerprint density at radius 1 is 1.28 bits per heavy atom. The van der Waals surface area contributed by atoms with Crippen molar-refractivity contribution in [2.24, 2.45) is 0 Å². The minimum Gasteiger partial charge on any atom is -0.375 e. The van der Waals surface area contributed by atoms with Crippen molar-refractivity contribution in [2.75, 3.05) is 31.6 Å². The molecule has 1 aliphatic carbocycles. The van der Waals surface area contributed by atoms with Gasteiger partial charge < -0.3 is 9.64 Å². The molecule has 0 amide bonds. The lowest BCUT2D eigenvalue weighted by Crippen LogP contribution is -2.58. The third kappa shape index (κ3) is 3.16. The molecule has 2 fully saturated rings. The van der Waals surface area contributed by atoms with Crippen molar-refractivity contribution in [3.05, 3.63) is 33.4 Å². The van der Waals surface area contributed by atoms with Crippen LogP contribution in [0.25, 0.3) is 0 Å². The summed E-state index contributed by atoms with van der Waals surface area (Å²) in [7, 11) is 2.20. The number of hydrogen-bond donors (Lipinski definition) is 0. The van der Waals surface area contributed by atoms with Gasteiger partial charge in [0.15, 0.2) is 5.82 Å². The normalized spacial score (nSPS) is 20.6. The van der Waals surface area contributed by atoms with E-state index in [0.29, 0.717) is 12.0 Å². The van der Waals surface area contributed by atoms with Gasteiger partial charge in [0.2, 0.25) is 0 Å². The zero-order valence-corrected chi connectivity index (χ0v) is 15.3. The first-order valence-electron chi connectivity index (χ1n) is 9.10. The van der Waals surface area contributed by atoms with Crippen LogP contribution in [0.1, 0.15) is 40.0 Å². The molecule has 0 bridgehead atoms. The standard InChI is InChI=1S/C18H23N5OS/c1-22(10-18-19-15-6-7-24-11-16(15)25-18)13-8-23(9-13)17-5-4-14(20-21-17)12-2-3-12/h4-5,12-13H,2-3,6-11H2,1H3. The second-order valence-corrected chi connectivity index (χ2v) is 8.51. The highest BCUT2D eigenvalue weighted by molar-refractivity contribution is 7.11. The van der Waals surface area contributed by atoms with Crippen LogP contribution >= 0.6 is 11.3 Å². The molecule has 4 heterocycles. The molecule has 0 unspecified atom stereocenters. The number of aromatic nitrogens is 3. The fourth-order valence-corrected chi connectivity index (χ4v) is 4.63. The van der Waals surface area contributed by atoms with Crippen LogP contribution in [0.15, 0.2) is 12.1 Å². The number of rotatable bonds is 5. The topological polar surface area (TPSA) is 54.4 Å². The van der Waals surface area contributed by atoms with Gasteiger partial charge in [-0.3, -0.25) is 4.90 Å². The van der Waals surface area contributed by atoms with E-state index in [1.165, 1.54) is 28.4 Å². The second kappa shape index (κ2) is 6.30. The summed E-state index contributed by atoms with van der Waals surface area (Å²) in [6.07, 6.45) is 3.51. The van der Waals surface area contributed by atoms with Crippen LogP contribution in [0.5, 0.6) is 0 Å². The maximum atomic E-state index is 5.52. The Balaban J connectivity index is 1.16. The molecule has 2 aromatic rings. The highest BCUT2D eigenvalue weighted by Gasteiger charge is 2.32. The number of thiazole rings is 1. The second-order valence-electron chi connectivity index (χ2n) is 7.34. The molecule has 0 aromatic carbocycles. The largest absolute Gasteiger partial charge is 0.375 e. The Morgan fingerprint density at radius 3 is 2.88 bits per heavy atom. The molecule has 0 radical (unpaired) electrons. The quantitative estimate of drug-likeness (QED) is 0.818. The number of anilines is 1. The average molecular weight is 357 g/mol. The van der Waals surface area contributed by atoms with Gasteiger partial charge in [-0.1, -0.05) is 0 Å². The molecule has 2 aliphatic heterocycles. The molecular weight excluding hydrogens is 334 g/mol. The fourth-order valence-electron chi connectivity index (χ4n) is 3.51. The SMILES string of the molecule is CN(Cc1nc2c(s1)COCC2)C1CN(c2ccc(C3CC3)nn2)C1. The minimum absolute atomic E-state index is 0.557. The van der Waals surface area contributed by atoms with E-state index in [1.54, 1.807) is 0 Å². The molecule has 7 heteroatoms. The van der Waals surface area contributed by atoms with E-state index in [0.717, 1.165) is 50.8 Å². The van der Waals surface area contributed by atoms with Gasteiger partial charge in [-0.15, -0.1) is 16.4 Å². The van der Waals surface area contributed by atoms with Gasteiger partial charge in [0.1, 0.15) is 5.01 Å². The van der Waals surface area contributed by atoms with Gasteiger partial charge in [-0.05, 0) is 32.0 Å². The summed E-state index contributed by atoms with van der Waals surface area (Å²) in [5, 5.41) is 10.0. The van der Waals surface area contributed by atoms with Crippen molar-refractivity contribution < 1.29 is 4.74 Å². The summed E-state index contributed by atoms with van der Waals surface area (Å²) in [5.74, 6) is 1.68. The van der Waals surface area contributed by atoms with Crippen molar-refractivity contribution in [2.45, 2.75) is 44.4 Å². The van der Waals surface area contributed by atoms with E-state index in [2.05, 4.69) is 39.2 Å². The van der Waals surface area contributed by atoms with E-state index < -0.39 is 0 Å². The fraction of sp³-hybridized carbons (Fsp3) is 0.611. The highest BCUT2D eigenvalue weighted by atomic mass is 32.1. The molecule has 1 saturated carbocycles. The first kappa shape index (κ1) is 15.7. The average Bonchev–Trinajstić information content (AvgIpc) is 3.34. The zero-order chi connectivity index (χ0) is 16.8. The Kier molecular flexibility index (Phi) is 3.95. The minimum atomic E-state index is 0.557. The number of likely N-dealkylation sites (N-methyl/N-ethyl adjacent to an activating group) is 1. The third-order valence-electron chi connectivity index (χ3n) is 5.40. The Morgan fingerprint density at radius 2 is 2.16 bits per heavy atom. The summed E-state index contributed by atoms with van der Waals surface area (Å²) in [6, 6.07) is 4.84. The van der Waals surface area contributed by atoms with Crippen LogP contribution in [0, 0.1) is 0 Å². The van der Waals surface area contributed by atoms with Gasteiger partial charge in [0.25, 0.3) is 0 Å². The van der Waals surface area contributed by atoms with Gasteiger partial charge in [-0.2, -0.15) is 5.10 Å². The molecule has 0 N–H and O–H groups in total. The molecule has 6 nitrogen and oxygen atoms in total. The lowest BCUT2D eigenvalue weighted by atomic mass is 10.1. The van der Waals surface area contributed by atoms with E-state index in [4.69, 9.17) is 9.72 Å². The van der Waals surface area contributed by atoms with E-state index in [-0.39, 0.29) is 0 Å². The first-order valence-corrected chi connectivity index (χ1v) is 9.92. The Labute approximate surface area is 151 Å². The Bertz CT molecular complexity index is 728. The highest BCUT2D eigenvalue weighted by Crippen LogP contribution is 2.39. The summed E-state index contributed by atoms with van der Waals surface area (Å²) >= 11 is 1.81. The van der Waals surface area contributed by atoms with Gasteiger partial charge in [0, 0.05) is 31.5 Å². The monoisotopic (exact) mass is 357 g/mol. The lowest BCUT2D eigenvalue weighted by molar-refractivity contribution is 0.112. The zero-order valence-electron chi connectivity index (χ0n) is 14.5. The van der Waals surface area contributed by atoms with Crippen molar-refractivity contribution in [3.8, 4) is 0 Å². The molecule has 0 atom stereocenters. The van der Waals surface area contributed by atoms with Crippen LogP contribution in [0.2, 0.25) is 0 Å². The predicted molar refractivity (Wildman–Crippen MR) is 96.9 cm³/mol. The van der Waals surface area contributed by atoms with Crippen LogP contribution in [-0.4, -0.2) is 52.9 Å². The van der Waals surface area contributed by atoms with Crippen LogP contribution < -0.4 is 4.90 Å². The maximum absolute atomic E-state index is 5.52. The third-order valence-corrected chi connectivity index (χ3v) is 6.46. The van der Waals surface area contributed by atoms with Gasteiger partial charge in [-0.25, -0.2) is 4.98 Å². The van der Waals surface area contributed by atoms with Crippen LogP contribution in [0.3, 0.4) is 0 Å². The number of nitrogens with zero attached hydrogens (tertiary/aromatic N) is 5. The van der Waals surface area contributed by atoms with Crippen molar-refractivity contribution in [1.29, 1.82) is 0 Å². The summed E-state index contributed by atoms with van der Waals surface area (Å²) < 4.78 is 5.52. The van der Waals surface area contributed by atoms with Crippen molar-refractivity contribution in [1.82, 2.24) is 20.1 Å². The Hall–Kier alpha value is -1.57. The molecule has 3 aliphatic rings. The molecule has 0 spiro atoms. The smallest absolute Gasteiger partial charge is 0.151 e. The van der Waals surface area contributed by atoms with Gasteiger partial charge in [0.05, 0.1) is 36.0 Å². The number of fused-ring (bicyclic) bond motifs is 1. The van der Waals surface area contributed by atoms with Crippen LogP contribution in [-0.2, 0) is 24.3 Å². The van der Waals surface area contributed by atoms with Gasteiger partial charge >= 0.3 is 0 Å². The lowest BCUT2D eigenvalue weighted by Gasteiger charge is -2.44. The molecule has 5 rings (SSSR count). The van der Waals surface area contributed by atoms with E-state index in [9.17, 15) is 0 Å².